The van der Waals surface area contributed by atoms with Crippen LogP contribution in [0.3, 0.4) is 0 Å². The average Bonchev–Trinajstić information content (AvgIpc) is 2.93. The van der Waals surface area contributed by atoms with E-state index in [-0.39, 0.29) is 29.4 Å². The Morgan fingerprint density at radius 3 is 2.08 bits per heavy atom. The molecule has 0 unspecified atom stereocenters. The molecule has 1 fully saturated rings. The molecule has 0 spiro atoms. The molecule has 1 aliphatic heterocycles. The molecular formula is C26H28BrN5O5S2. The van der Waals surface area contributed by atoms with Gasteiger partial charge in [0, 0.05) is 38.2 Å². The lowest BCUT2D eigenvalue weighted by molar-refractivity contribution is -0.125. The van der Waals surface area contributed by atoms with Gasteiger partial charge in [-0.3, -0.25) is 4.79 Å². The number of anilines is 1. The molecule has 4 rings (SSSR count). The maximum Gasteiger partial charge on any atom is 0.259 e. The second-order valence-electron chi connectivity index (χ2n) is 8.96. The van der Waals surface area contributed by atoms with E-state index >= 15 is 0 Å². The van der Waals surface area contributed by atoms with E-state index in [1.54, 1.807) is 36.4 Å². The number of amides is 1. The van der Waals surface area contributed by atoms with E-state index in [0.717, 1.165) is 18.8 Å². The minimum Gasteiger partial charge on any atom is -0.377 e. The molecule has 0 bridgehead atoms. The molecule has 0 aromatic heterocycles. The third-order valence-electron chi connectivity index (χ3n) is 6.17. The van der Waals surface area contributed by atoms with E-state index in [4.69, 9.17) is 0 Å². The van der Waals surface area contributed by atoms with Crippen molar-refractivity contribution in [3.63, 3.8) is 0 Å². The van der Waals surface area contributed by atoms with Crippen molar-refractivity contribution in [3.8, 4) is 0 Å². The molecule has 1 amide bonds. The number of hydrogen-bond acceptors (Lipinski definition) is 7. The molecule has 3 aromatic carbocycles. The highest BCUT2D eigenvalue weighted by molar-refractivity contribution is 9.10. The molecule has 13 heteroatoms. The number of piperazine rings is 1. The Morgan fingerprint density at radius 2 is 1.51 bits per heavy atom. The van der Waals surface area contributed by atoms with Crippen molar-refractivity contribution >= 4 is 53.8 Å². The predicted molar refractivity (Wildman–Crippen MR) is 154 cm³/mol. The smallest absolute Gasteiger partial charge is 0.259 e. The van der Waals surface area contributed by atoms with Crippen molar-refractivity contribution < 1.29 is 21.6 Å². The minimum absolute atomic E-state index is 0.0106. The largest absolute Gasteiger partial charge is 0.377 e. The van der Waals surface area contributed by atoms with Crippen LogP contribution >= 0.6 is 15.9 Å². The van der Waals surface area contributed by atoms with Gasteiger partial charge < -0.3 is 4.90 Å². The van der Waals surface area contributed by atoms with Crippen LogP contribution in [-0.4, -0.2) is 77.3 Å². The lowest BCUT2D eigenvalue weighted by Gasteiger charge is -2.38. The van der Waals surface area contributed by atoms with Gasteiger partial charge >= 0.3 is 0 Å². The van der Waals surface area contributed by atoms with E-state index < -0.39 is 32.0 Å². The summed E-state index contributed by atoms with van der Waals surface area (Å²) in [5.41, 5.74) is 4.05. The summed E-state index contributed by atoms with van der Waals surface area (Å²) in [7, 11) is -4.23. The highest BCUT2D eigenvalue weighted by atomic mass is 79.9. The number of halogens is 1. The summed E-state index contributed by atoms with van der Waals surface area (Å²) in [5.74, 6) is -0.748. The van der Waals surface area contributed by atoms with Gasteiger partial charge in [0.05, 0.1) is 21.7 Å². The van der Waals surface area contributed by atoms with Crippen molar-refractivity contribution in [3.05, 3.63) is 88.9 Å². The first-order chi connectivity index (χ1) is 18.5. The Balaban J connectivity index is 1.60. The van der Waals surface area contributed by atoms with Crippen LogP contribution in [0.4, 0.5) is 5.69 Å². The van der Waals surface area contributed by atoms with E-state index in [9.17, 15) is 21.6 Å². The summed E-state index contributed by atoms with van der Waals surface area (Å²) in [6.45, 7) is -0.680. The molecule has 3 aromatic rings. The van der Waals surface area contributed by atoms with Crippen molar-refractivity contribution in [1.29, 1.82) is 0 Å². The van der Waals surface area contributed by atoms with Gasteiger partial charge in [0.2, 0.25) is 20.0 Å². The number of benzene rings is 3. The number of nitrogens with one attached hydrogen (secondary N) is 1. The molecule has 0 saturated carbocycles. The van der Waals surface area contributed by atoms with Crippen LogP contribution in [0.25, 0.3) is 0 Å². The summed E-state index contributed by atoms with van der Waals surface area (Å²) < 4.78 is 56.5. The maximum atomic E-state index is 13.5. The average molecular weight is 635 g/mol. The molecular weight excluding hydrogens is 606 g/mol. The number of rotatable bonds is 8. The summed E-state index contributed by atoms with van der Waals surface area (Å²) >= 11 is 3.50. The fourth-order valence-electron chi connectivity index (χ4n) is 4.14. The first-order valence-corrected chi connectivity index (χ1v) is 15.6. The van der Waals surface area contributed by atoms with Crippen LogP contribution in [0.1, 0.15) is 5.56 Å². The molecule has 39 heavy (non-hydrogen) atoms. The predicted octanol–water partition coefficient (Wildman–Crippen LogP) is 2.73. The molecule has 0 aliphatic carbocycles. The Kier molecular flexibility index (Phi) is 8.86. The molecule has 1 atom stereocenters. The maximum absolute atomic E-state index is 13.5. The Hall–Kier alpha value is -3.10. The number of sulfonamides is 2. The molecule has 0 radical (unpaired) electrons. The molecule has 1 heterocycles. The zero-order valence-corrected chi connectivity index (χ0v) is 24.5. The fraction of sp³-hybridized carbons (Fsp3) is 0.231. The summed E-state index contributed by atoms with van der Waals surface area (Å²) in [5, 5.41) is 4.02. The fourth-order valence-corrected chi connectivity index (χ4v) is 7.94. The topological polar surface area (TPSA) is 119 Å². The van der Waals surface area contributed by atoms with Crippen molar-refractivity contribution in [2.24, 2.45) is 5.10 Å². The number of hydrazone groups is 1. The normalized spacial score (nSPS) is 17.3. The lowest BCUT2D eigenvalue weighted by Crippen LogP contribution is -2.60. The molecule has 10 nitrogen and oxygen atoms in total. The van der Waals surface area contributed by atoms with Gasteiger partial charge in [0.15, 0.2) is 0 Å². The van der Waals surface area contributed by atoms with Crippen LogP contribution in [0.2, 0.25) is 0 Å². The van der Waals surface area contributed by atoms with Crippen LogP contribution < -0.4 is 10.3 Å². The SMILES string of the molecule is CN(C)c1ccc(/C=N\NC(=O)[C@@H]2CN(S(=O)(=O)c3ccccc3)CCN2S(=O)(=O)c2ccccc2)cc1Br. The summed E-state index contributed by atoms with van der Waals surface area (Å²) in [4.78, 5) is 15.3. The monoisotopic (exact) mass is 633 g/mol. The third kappa shape index (κ3) is 6.39. The first kappa shape index (κ1) is 28.9. The quantitative estimate of drug-likeness (QED) is 0.301. The Labute approximate surface area is 237 Å². The second kappa shape index (κ2) is 12.0. The summed E-state index contributed by atoms with van der Waals surface area (Å²) in [6.07, 6.45) is 1.43. The Morgan fingerprint density at radius 1 is 0.923 bits per heavy atom. The number of carbonyl (C=O) groups is 1. The van der Waals surface area contributed by atoms with E-state index in [0.29, 0.717) is 5.56 Å². The van der Waals surface area contributed by atoms with Crippen LogP contribution in [0, 0.1) is 0 Å². The molecule has 1 N–H and O–H groups in total. The zero-order chi connectivity index (χ0) is 28.2. The number of carbonyl (C=O) groups excluding carboxylic acids is 1. The van der Waals surface area contributed by atoms with Crippen LogP contribution in [0.5, 0.6) is 0 Å². The van der Waals surface area contributed by atoms with E-state index in [1.165, 1.54) is 30.5 Å². The van der Waals surface area contributed by atoms with Crippen molar-refractivity contribution in [2.45, 2.75) is 15.8 Å². The summed E-state index contributed by atoms with van der Waals surface area (Å²) in [6, 6.07) is 19.7. The van der Waals surface area contributed by atoms with Gasteiger partial charge in [-0.25, -0.2) is 22.3 Å². The zero-order valence-electron chi connectivity index (χ0n) is 21.3. The van der Waals surface area contributed by atoms with E-state index in [2.05, 4.69) is 26.5 Å². The Bertz CT molecular complexity index is 1570. The van der Waals surface area contributed by atoms with Gasteiger partial charge in [-0.2, -0.15) is 13.7 Å². The van der Waals surface area contributed by atoms with Gasteiger partial charge in [0.1, 0.15) is 6.04 Å². The van der Waals surface area contributed by atoms with Gasteiger partial charge in [-0.1, -0.05) is 42.5 Å². The second-order valence-corrected chi connectivity index (χ2v) is 13.6. The van der Waals surface area contributed by atoms with Crippen molar-refractivity contribution in [2.75, 3.05) is 38.6 Å². The van der Waals surface area contributed by atoms with Gasteiger partial charge in [-0.05, 0) is 57.9 Å². The van der Waals surface area contributed by atoms with Crippen molar-refractivity contribution in [1.82, 2.24) is 14.0 Å². The van der Waals surface area contributed by atoms with Crippen LogP contribution in [0.15, 0.2) is 98.2 Å². The molecule has 1 aliphatic rings. The van der Waals surface area contributed by atoms with Gasteiger partial charge in [0.25, 0.3) is 5.91 Å². The number of hydrogen-bond donors (Lipinski definition) is 1. The highest BCUT2D eigenvalue weighted by Crippen LogP contribution is 2.26. The van der Waals surface area contributed by atoms with Crippen LogP contribution in [-0.2, 0) is 24.8 Å². The lowest BCUT2D eigenvalue weighted by atomic mass is 10.2. The highest BCUT2D eigenvalue weighted by Gasteiger charge is 2.43. The molecule has 206 valence electrons. The van der Waals surface area contributed by atoms with E-state index in [1.807, 2.05) is 37.2 Å². The van der Waals surface area contributed by atoms with Gasteiger partial charge in [-0.15, -0.1) is 0 Å². The minimum atomic E-state index is -4.10. The first-order valence-electron chi connectivity index (χ1n) is 11.9. The number of nitrogens with zero attached hydrogens (tertiary/aromatic N) is 4. The third-order valence-corrected chi connectivity index (χ3v) is 10.6. The molecule has 1 saturated heterocycles. The standard InChI is InChI=1S/C26H28BrN5O5S2/c1-30(2)24-14-13-20(17-23(24)27)18-28-29-26(33)25-19-31(38(34,35)21-9-5-3-6-10-21)15-16-32(25)39(36,37)22-11-7-4-8-12-22/h3-14,17-18,25H,15-16,19H2,1-2H3,(H,29,33)/b28-18-/t25-/m0/s1.